The third-order valence-corrected chi connectivity index (χ3v) is 5.97. The number of benzene rings is 2. The molecule has 3 rings (SSSR count). The molecule has 0 aliphatic carbocycles. The van der Waals surface area contributed by atoms with Gasteiger partial charge in [-0.15, -0.1) is 0 Å². The van der Waals surface area contributed by atoms with Gasteiger partial charge in [0, 0.05) is 23.2 Å². The number of halogens is 2. The van der Waals surface area contributed by atoms with Crippen molar-refractivity contribution in [2.24, 2.45) is 0 Å². The van der Waals surface area contributed by atoms with E-state index in [9.17, 15) is 23.6 Å². The Bertz CT molecular complexity index is 1110. The molecule has 7 nitrogen and oxygen atoms in total. The lowest BCUT2D eigenvalue weighted by molar-refractivity contribution is -0.384. The second-order valence-electron chi connectivity index (χ2n) is 5.12. The van der Waals surface area contributed by atoms with Crippen LogP contribution >= 0.6 is 23.2 Å². The van der Waals surface area contributed by atoms with E-state index in [2.05, 4.69) is 0 Å². The molecule has 130 valence electrons. The van der Waals surface area contributed by atoms with E-state index in [0.717, 1.165) is 16.1 Å². The standard InChI is InChI=1S/C15H10Cl2N2O5S/c16-11-5-4-10(6-14(11)19(21)22)25(23,24)18-7-9(8-20)15-12(17)2-1-3-13(15)18/h1-7,20H,8H2. The van der Waals surface area contributed by atoms with Crippen molar-refractivity contribution in [3.63, 3.8) is 0 Å². The van der Waals surface area contributed by atoms with Crippen molar-refractivity contribution in [2.45, 2.75) is 11.5 Å². The number of hydrogen-bond acceptors (Lipinski definition) is 5. The van der Waals surface area contributed by atoms with Crippen molar-refractivity contribution >= 4 is 49.8 Å². The largest absolute Gasteiger partial charge is 0.392 e. The quantitative estimate of drug-likeness (QED) is 0.532. The number of aliphatic hydroxyl groups excluding tert-OH is 1. The van der Waals surface area contributed by atoms with Crippen LogP contribution < -0.4 is 0 Å². The van der Waals surface area contributed by atoms with Gasteiger partial charge in [-0.2, -0.15) is 0 Å². The maximum atomic E-state index is 12.9. The van der Waals surface area contributed by atoms with Crippen molar-refractivity contribution in [1.82, 2.24) is 3.97 Å². The van der Waals surface area contributed by atoms with Crippen molar-refractivity contribution in [1.29, 1.82) is 0 Å². The first-order chi connectivity index (χ1) is 11.8. The van der Waals surface area contributed by atoms with E-state index < -0.39 is 27.2 Å². The fraction of sp³-hybridized carbons (Fsp3) is 0.0667. The van der Waals surface area contributed by atoms with Gasteiger partial charge in [0.05, 0.1) is 27.0 Å². The van der Waals surface area contributed by atoms with Crippen molar-refractivity contribution in [2.75, 3.05) is 0 Å². The average molecular weight is 401 g/mol. The number of fused-ring (bicyclic) bond motifs is 1. The van der Waals surface area contributed by atoms with E-state index >= 15 is 0 Å². The summed E-state index contributed by atoms with van der Waals surface area (Å²) >= 11 is 11.8. The van der Waals surface area contributed by atoms with Crippen molar-refractivity contribution in [3.05, 3.63) is 68.3 Å². The third kappa shape index (κ3) is 2.87. The molecule has 0 saturated heterocycles. The first kappa shape index (κ1) is 17.7. The zero-order chi connectivity index (χ0) is 18.4. The maximum Gasteiger partial charge on any atom is 0.289 e. The van der Waals surface area contributed by atoms with E-state index in [1.807, 2.05) is 0 Å². The summed E-state index contributed by atoms with van der Waals surface area (Å²) in [5.41, 5.74) is 0.0707. The topological polar surface area (TPSA) is 102 Å². The fourth-order valence-corrected chi connectivity index (χ4v) is 4.40. The second kappa shape index (κ2) is 6.30. The molecule has 0 unspecified atom stereocenters. The highest BCUT2D eigenvalue weighted by molar-refractivity contribution is 7.90. The molecule has 0 aliphatic rings. The van der Waals surface area contributed by atoms with E-state index in [0.29, 0.717) is 10.9 Å². The Morgan fingerprint density at radius 2 is 1.88 bits per heavy atom. The molecule has 0 amide bonds. The van der Waals surface area contributed by atoms with Gasteiger partial charge in [-0.3, -0.25) is 10.1 Å². The second-order valence-corrected chi connectivity index (χ2v) is 7.75. The predicted octanol–water partition coefficient (Wildman–Crippen LogP) is 3.59. The summed E-state index contributed by atoms with van der Waals surface area (Å²) in [6.07, 6.45) is 1.24. The number of nitrogens with zero attached hydrogens (tertiary/aromatic N) is 2. The normalized spacial score (nSPS) is 11.8. The monoisotopic (exact) mass is 400 g/mol. The SMILES string of the molecule is O=[N+]([O-])c1cc(S(=O)(=O)n2cc(CO)c3c(Cl)cccc32)ccc1Cl. The number of aromatic nitrogens is 1. The van der Waals surface area contributed by atoms with Crippen LogP contribution in [0.3, 0.4) is 0 Å². The zero-order valence-corrected chi connectivity index (χ0v) is 14.7. The molecule has 0 saturated carbocycles. The van der Waals surface area contributed by atoms with Gasteiger partial charge in [-0.1, -0.05) is 29.3 Å². The summed E-state index contributed by atoms with van der Waals surface area (Å²) in [7, 11) is -4.16. The first-order valence-electron chi connectivity index (χ1n) is 6.86. The fourth-order valence-electron chi connectivity index (χ4n) is 2.52. The lowest BCUT2D eigenvalue weighted by atomic mass is 10.2. The number of nitro benzene ring substituents is 1. The van der Waals surface area contributed by atoms with Crippen LogP contribution in [0.1, 0.15) is 5.56 Å². The number of rotatable bonds is 4. The molecule has 0 spiro atoms. The van der Waals surface area contributed by atoms with Crippen LogP contribution in [0.25, 0.3) is 10.9 Å². The third-order valence-electron chi connectivity index (χ3n) is 3.66. The first-order valence-corrected chi connectivity index (χ1v) is 9.06. The highest BCUT2D eigenvalue weighted by Gasteiger charge is 2.25. The highest BCUT2D eigenvalue weighted by atomic mass is 35.5. The molecule has 25 heavy (non-hydrogen) atoms. The van der Waals surface area contributed by atoms with Crippen LogP contribution in [0.15, 0.2) is 47.5 Å². The average Bonchev–Trinajstić information content (AvgIpc) is 2.95. The Balaban J connectivity index is 2.29. The highest BCUT2D eigenvalue weighted by Crippen LogP contribution is 2.33. The van der Waals surface area contributed by atoms with Gasteiger partial charge in [-0.05, 0) is 24.3 Å². The number of nitro groups is 1. The molecule has 0 fully saturated rings. The van der Waals surface area contributed by atoms with Gasteiger partial charge in [0.15, 0.2) is 0 Å². The van der Waals surface area contributed by atoms with Gasteiger partial charge < -0.3 is 5.11 Å². The summed E-state index contributed by atoms with van der Waals surface area (Å²) in [6, 6.07) is 7.90. The van der Waals surface area contributed by atoms with E-state index in [4.69, 9.17) is 23.2 Å². The number of aliphatic hydroxyl groups is 1. The molecule has 1 aromatic heterocycles. The minimum atomic E-state index is -4.16. The summed E-state index contributed by atoms with van der Waals surface area (Å²) in [5, 5.41) is 21.0. The summed E-state index contributed by atoms with van der Waals surface area (Å²) in [6.45, 7) is -0.413. The van der Waals surface area contributed by atoms with Gasteiger partial charge in [0.1, 0.15) is 5.02 Å². The van der Waals surface area contributed by atoms with Gasteiger partial charge in [-0.25, -0.2) is 12.4 Å². The van der Waals surface area contributed by atoms with Gasteiger partial charge >= 0.3 is 0 Å². The van der Waals surface area contributed by atoms with Crippen LogP contribution in [-0.4, -0.2) is 22.4 Å². The van der Waals surface area contributed by atoms with Crippen molar-refractivity contribution in [3.8, 4) is 0 Å². The van der Waals surface area contributed by atoms with E-state index in [1.165, 1.54) is 18.3 Å². The van der Waals surface area contributed by atoms with Crippen LogP contribution in [0.4, 0.5) is 5.69 Å². The molecule has 3 aromatic rings. The molecule has 1 heterocycles. The van der Waals surface area contributed by atoms with Crippen LogP contribution in [0.2, 0.25) is 10.0 Å². The van der Waals surface area contributed by atoms with E-state index in [-0.39, 0.29) is 20.5 Å². The lowest BCUT2D eigenvalue weighted by Crippen LogP contribution is -2.12. The summed E-state index contributed by atoms with van der Waals surface area (Å²) < 4.78 is 26.8. The Hall–Kier alpha value is -2.13. The number of hydrogen-bond donors (Lipinski definition) is 1. The van der Waals surface area contributed by atoms with Crippen molar-refractivity contribution < 1.29 is 18.4 Å². The minimum absolute atomic E-state index is 0.166. The molecular weight excluding hydrogens is 391 g/mol. The van der Waals surface area contributed by atoms with Crippen LogP contribution in [0.5, 0.6) is 0 Å². The Labute approximate surface area is 152 Å². The summed E-state index contributed by atoms with van der Waals surface area (Å²) in [5.74, 6) is 0. The van der Waals surface area contributed by atoms with Crippen LogP contribution in [-0.2, 0) is 16.6 Å². The molecule has 10 heteroatoms. The Kier molecular flexibility index (Phi) is 4.46. The molecule has 1 N–H and O–H groups in total. The zero-order valence-electron chi connectivity index (χ0n) is 12.4. The molecule has 0 radical (unpaired) electrons. The Morgan fingerprint density at radius 3 is 2.52 bits per heavy atom. The Morgan fingerprint density at radius 1 is 1.16 bits per heavy atom. The smallest absolute Gasteiger partial charge is 0.289 e. The molecule has 0 atom stereocenters. The summed E-state index contributed by atoms with van der Waals surface area (Å²) in [4.78, 5) is 9.95. The van der Waals surface area contributed by atoms with Crippen LogP contribution in [0, 0.1) is 10.1 Å². The van der Waals surface area contributed by atoms with Gasteiger partial charge in [0.25, 0.3) is 15.7 Å². The minimum Gasteiger partial charge on any atom is -0.392 e. The molecule has 0 aliphatic heterocycles. The van der Waals surface area contributed by atoms with Gasteiger partial charge in [0.2, 0.25) is 0 Å². The maximum absolute atomic E-state index is 12.9. The molecular formula is C15H10Cl2N2O5S. The predicted molar refractivity (Wildman–Crippen MR) is 93.6 cm³/mol. The van der Waals surface area contributed by atoms with E-state index in [1.54, 1.807) is 12.1 Å². The molecule has 0 bridgehead atoms. The lowest BCUT2D eigenvalue weighted by Gasteiger charge is -2.08. The molecule has 2 aromatic carbocycles.